The highest BCUT2D eigenvalue weighted by Gasteiger charge is 2.18. The molecule has 0 aromatic heterocycles. The zero-order chi connectivity index (χ0) is 10.6. The van der Waals surface area contributed by atoms with E-state index in [9.17, 15) is 13.2 Å². The second kappa shape index (κ2) is 4.07. The molecule has 75 valence electrons. The van der Waals surface area contributed by atoms with Crippen molar-refractivity contribution < 1.29 is 13.2 Å². The lowest BCUT2D eigenvalue weighted by atomic mass is 10.4. The standard InChI is InChI=1S/C7H8N3O3S/c8-9-7(11)10-14(12,13)6-4-2-1-3-5-6/h1-5H,8H2,(H,9,11). The molecule has 0 fully saturated rings. The van der Waals surface area contributed by atoms with Crippen LogP contribution >= 0.6 is 0 Å². The van der Waals surface area contributed by atoms with Crippen LogP contribution in [0, 0.1) is 0 Å². The third kappa shape index (κ3) is 2.44. The summed E-state index contributed by atoms with van der Waals surface area (Å²) in [5, 5.41) is 0. The number of hydrazine groups is 1. The van der Waals surface area contributed by atoms with Crippen molar-refractivity contribution in [2.24, 2.45) is 5.84 Å². The molecule has 0 saturated heterocycles. The quantitative estimate of drug-likeness (QED) is 0.395. The SMILES string of the molecule is NNC(=O)[N]S(=O)(=O)c1ccccc1. The summed E-state index contributed by atoms with van der Waals surface area (Å²) in [5.41, 5.74) is 1.61. The van der Waals surface area contributed by atoms with Gasteiger partial charge in [0.05, 0.1) is 4.90 Å². The zero-order valence-electron chi connectivity index (χ0n) is 7.04. The van der Waals surface area contributed by atoms with Crippen molar-refractivity contribution in [2.45, 2.75) is 4.90 Å². The summed E-state index contributed by atoms with van der Waals surface area (Å²) in [6.45, 7) is 0. The Hall–Kier alpha value is -1.60. The van der Waals surface area contributed by atoms with E-state index in [4.69, 9.17) is 5.84 Å². The topological polar surface area (TPSA) is 103 Å². The van der Waals surface area contributed by atoms with E-state index in [-0.39, 0.29) is 4.90 Å². The van der Waals surface area contributed by atoms with E-state index in [1.165, 1.54) is 24.3 Å². The molecule has 1 aromatic carbocycles. The van der Waals surface area contributed by atoms with E-state index >= 15 is 0 Å². The smallest absolute Gasteiger partial charge is 0.273 e. The predicted octanol–water partition coefficient (Wildman–Crippen LogP) is -0.437. The summed E-state index contributed by atoms with van der Waals surface area (Å²) in [6, 6.07) is 6.28. The van der Waals surface area contributed by atoms with Gasteiger partial charge in [-0.2, -0.15) is 8.42 Å². The lowest BCUT2D eigenvalue weighted by Crippen LogP contribution is -2.38. The van der Waals surface area contributed by atoms with Crippen LogP contribution in [-0.2, 0) is 10.0 Å². The first-order valence-corrected chi connectivity index (χ1v) is 5.04. The molecule has 1 aromatic rings. The summed E-state index contributed by atoms with van der Waals surface area (Å²) < 4.78 is 25.5. The van der Waals surface area contributed by atoms with Crippen LogP contribution < -0.4 is 16.0 Å². The minimum Gasteiger partial charge on any atom is -0.273 e. The van der Waals surface area contributed by atoms with Crippen molar-refractivity contribution in [1.29, 1.82) is 0 Å². The van der Waals surface area contributed by atoms with Gasteiger partial charge in [0.1, 0.15) is 0 Å². The summed E-state index contributed by atoms with van der Waals surface area (Å²) >= 11 is 0. The Morgan fingerprint density at radius 1 is 1.29 bits per heavy atom. The van der Waals surface area contributed by atoms with Gasteiger partial charge < -0.3 is 0 Å². The molecule has 0 unspecified atom stereocenters. The van der Waals surface area contributed by atoms with Crippen LogP contribution in [0.1, 0.15) is 0 Å². The number of nitrogens with zero attached hydrogens (tertiary/aromatic N) is 1. The molecule has 0 aliphatic carbocycles. The van der Waals surface area contributed by atoms with E-state index in [0.29, 0.717) is 0 Å². The number of benzene rings is 1. The first-order chi connectivity index (χ1) is 6.56. The van der Waals surface area contributed by atoms with Gasteiger partial charge in [0.2, 0.25) is 0 Å². The van der Waals surface area contributed by atoms with Gasteiger partial charge in [0, 0.05) is 0 Å². The number of nitrogens with one attached hydrogen (secondary N) is 1. The molecular formula is C7H8N3O3S. The predicted molar refractivity (Wildman–Crippen MR) is 48.5 cm³/mol. The average molecular weight is 214 g/mol. The molecule has 0 bridgehead atoms. The lowest BCUT2D eigenvalue weighted by Gasteiger charge is -2.01. The van der Waals surface area contributed by atoms with Crippen molar-refractivity contribution in [1.82, 2.24) is 10.1 Å². The largest absolute Gasteiger partial charge is 0.366 e. The highest BCUT2D eigenvalue weighted by atomic mass is 32.2. The fourth-order valence-electron chi connectivity index (χ4n) is 0.781. The summed E-state index contributed by atoms with van der Waals surface area (Å²) in [4.78, 5) is 10.6. The van der Waals surface area contributed by atoms with E-state index in [1.807, 2.05) is 0 Å². The summed E-state index contributed by atoms with van der Waals surface area (Å²) in [5.74, 6) is 4.70. The highest BCUT2D eigenvalue weighted by molar-refractivity contribution is 7.90. The molecule has 7 heteroatoms. The maximum Gasteiger partial charge on any atom is 0.366 e. The molecule has 0 aliphatic rings. The first-order valence-electron chi connectivity index (χ1n) is 3.60. The molecule has 14 heavy (non-hydrogen) atoms. The van der Waals surface area contributed by atoms with Crippen LogP contribution in [0.3, 0.4) is 0 Å². The van der Waals surface area contributed by atoms with Gasteiger partial charge in [0.15, 0.2) is 0 Å². The Morgan fingerprint density at radius 3 is 2.36 bits per heavy atom. The summed E-state index contributed by atoms with van der Waals surface area (Å²) in [6.07, 6.45) is 0. The fourth-order valence-corrected chi connectivity index (χ4v) is 1.66. The number of hydrogen-bond donors (Lipinski definition) is 2. The number of urea groups is 1. The van der Waals surface area contributed by atoms with Crippen LogP contribution in [0.25, 0.3) is 0 Å². The van der Waals surface area contributed by atoms with Crippen LogP contribution in [0.2, 0.25) is 0 Å². The summed E-state index contributed by atoms with van der Waals surface area (Å²) in [7, 11) is -3.94. The molecule has 0 saturated carbocycles. The van der Waals surface area contributed by atoms with Gasteiger partial charge in [-0.15, -0.1) is 0 Å². The second-order valence-corrected chi connectivity index (χ2v) is 3.93. The van der Waals surface area contributed by atoms with Crippen LogP contribution in [-0.4, -0.2) is 14.4 Å². The molecule has 0 atom stereocenters. The Balaban J connectivity index is 2.93. The third-order valence-electron chi connectivity index (χ3n) is 1.37. The van der Waals surface area contributed by atoms with Gasteiger partial charge in [-0.25, -0.2) is 10.6 Å². The monoisotopic (exact) mass is 214 g/mol. The van der Waals surface area contributed by atoms with E-state index in [1.54, 1.807) is 11.5 Å². The van der Waals surface area contributed by atoms with Crippen molar-refractivity contribution in [2.75, 3.05) is 0 Å². The third-order valence-corrected chi connectivity index (χ3v) is 2.64. The Morgan fingerprint density at radius 2 is 1.86 bits per heavy atom. The van der Waals surface area contributed by atoms with Gasteiger partial charge in [-0.3, -0.25) is 5.43 Å². The van der Waals surface area contributed by atoms with Crippen molar-refractivity contribution >= 4 is 16.1 Å². The van der Waals surface area contributed by atoms with Gasteiger partial charge in [-0.1, -0.05) is 22.9 Å². The minimum absolute atomic E-state index is 0.0522. The Kier molecular flexibility index (Phi) is 3.05. The number of carbonyl (C=O) groups excluding carboxylic acids is 1. The Bertz CT molecular complexity index is 415. The normalized spacial score (nSPS) is 10.6. The van der Waals surface area contributed by atoms with E-state index in [2.05, 4.69) is 4.72 Å². The fraction of sp³-hybridized carbons (Fsp3) is 0. The molecule has 0 aliphatic heterocycles. The van der Waals surface area contributed by atoms with Gasteiger partial charge in [0.25, 0.3) is 10.0 Å². The van der Waals surface area contributed by atoms with Crippen molar-refractivity contribution in [3.05, 3.63) is 30.3 Å². The zero-order valence-corrected chi connectivity index (χ0v) is 7.86. The molecular weight excluding hydrogens is 206 g/mol. The number of sulfonamides is 1. The molecule has 1 radical (unpaired) electrons. The molecule has 0 spiro atoms. The maximum absolute atomic E-state index is 11.3. The molecule has 3 N–H and O–H groups in total. The first kappa shape index (κ1) is 10.5. The number of carbonyl (C=O) groups is 1. The minimum atomic E-state index is -3.94. The molecule has 1 rings (SSSR count). The van der Waals surface area contributed by atoms with Crippen molar-refractivity contribution in [3.8, 4) is 0 Å². The van der Waals surface area contributed by atoms with Gasteiger partial charge in [-0.05, 0) is 12.1 Å². The van der Waals surface area contributed by atoms with E-state index < -0.39 is 16.1 Å². The molecule has 6 nitrogen and oxygen atoms in total. The molecule has 0 heterocycles. The number of nitrogens with two attached hydrogens (primary N) is 1. The van der Waals surface area contributed by atoms with Crippen LogP contribution in [0.4, 0.5) is 4.79 Å². The van der Waals surface area contributed by atoms with Gasteiger partial charge >= 0.3 is 6.03 Å². The van der Waals surface area contributed by atoms with Crippen molar-refractivity contribution in [3.63, 3.8) is 0 Å². The maximum atomic E-state index is 11.3. The van der Waals surface area contributed by atoms with Crippen LogP contribution in [0.15, 0.2) is 35.2 Å². The second-order valence-electron chi connectivity index (χ2n) is 2.33. The lowest BCUT2D eigenvalue weighted by molar-refractivity contribution is 0.245. The number of hydrogen-bond acceptors (Lipinski definition) is 4. The highest BCUT2D eigenvalue weighted by Crippen LogP contribution is 2.07. The Labute approximate surface area is 81.1 Å². The average Bonchev–Trinajstić information content (AvgIpc) is 2.18. The molecule has 2 amide bonds. The number of rotatable bonds is 2. The number of amides is 2. The van der Waals surface area contributed by atoms with Crippen LogP contribution in [0.5, 0.6) is 0 Å². The van der Waals surface area contributed by atoms with E-state index in [0.717, 1.165) is 0 Å².